The van der Waals surface area contributed by atoms with Crippen molar-refractivity contribution in [2.45, 2.75) is 33.7 Å². The van der Waals surface area contributed by atoms with Gasteiger partial charge in [-0.25, -0.2) is 9.67 Å². The lowest BCUT2D eigenvalue weighted by Crippen LogP contribution is -2.35. The number of halogens is 2. The Morgan fingerprint density at radius 1 is 1.09 bits per heavy atom. The van der Waals surface area contributed by atoms with Gasteiger partial charge in [-0.05, 0) is 33.0 Å². The minimum atomic E-state index is -0.149. The molecule has 11 heteroatoms. The predicted octanol–water partition coefficient (Wildman–Crippen LogP) is 4.33. The number of amides is 1. The topological polar surface area (TPSA) is 92.2 Å². The summed E-state index contributed by atoms with van der Waals surface area (Å²) in [4.78, 5) is 32.5. The third-order valence-electron chi connectivity index (χ3n) is 5.25. The largest absolute Gasteiger partial charge is 0.307 e. The molecule has 0 bridgehead atoms. The quantitative estimate of drug-likeness (QED) is 0.351. The van der Waals surface area contributed by atoms with E-state index in [4.69, 9.17) is 4.98 Å². The van der Waals surface area contributed by atoms with E-state index in [2.05, 4.69) is 34.5 Å². The summed E-state index contributed by atoms with van der Waals surface area (Å²) in [7, 11) is 0. The first-order valence-electron chi connectivity index (χ1n) is 11.3. The van der Waals surface area contributed by atoms with Crippen LogP contribution in [0.25, 0.3) is 21.8 Å². The Balaban J connectivity index is 0.00000306. The van der Waals surface area contributed by atoms with Crippen LogP contribution < -0.4 is 16.2 Å². The highest BCUT2D eigenvalue weighted by Gasteiger charge is 2.18. The Kier molecular flexibility index (Phi) is 13.1. The molecule has 8 nitrogen and oxygen atoms in total. The van der Waals surface area contributed by atoms with Crippen molar-refractivity contribution in [2.75, 3.05) is 38.0 Å². The monoisotopic (exact) mass is 540 g/mol. The third-order valence-corrected chi connectivity index (χ3v) is 6.25. The normalized spacial score (nSPS) is 10.7. The number of nitrogens with one attached hydrogen (secondary N) is 2. The standard InChI is InChI=1S/C24H32N6O2S.2ClH/c1-5-29(6-2)15-14-25-16-20(31)26-24-27-22(18-10-8-7-9-11-18)23(33-24)19-12-13-21(32)30(28-19)17(3)4;;/h7-13,17,25H,5-6,14-16H2,1-4H3,(H,26,27,31);2*1H. The summed E-state index contributed by atoms with van der Waals surface area (Å²) in [5.74, 6) is -0.144. The number of nitrogens with zero attached hydrogens (tertiary/aromatic N) is 4. The van der Waals surface area contributed by atoms with Gasteiger partial charge in [0.05, 0.1) is 23.2 Å². The molecule has 3 aromatic rings. The Morgan fingerprint density at radius 3 is 2.40 bits per heavy atom. The number of hydrogen-bond donors (Lipinski definition) is 2. The third kappa shape index (κ3) is 8.40. The lowest BCUT2D eigenvalue weighted by Gasteiger charge is -2.17. The molecule has 1 amide bonds. The summed E-state index contributed by atoms with van der Waals surface area (Å²) in [6.07, 6.45) is 0. The molecular weight excluding hydrogens is 507 g/mol. The number of likely N-dealkylation sites (N-methyl/N-ethyl adjacent to an activating group) is 1. The molecule has 0 radical (unpaired) electrons. The van der Waals surface area contributed by atoms with Crippen LogP contribution >= 0.6 is 36.2 Å². The summed E-state index contributed by atoms with van der Waals surface area (Å²) in [6.45, 7) is 11.9. The molecule has 2 N–H and O–H groups in total. The first-order chi connectivity index (χ1) is 15.9. The lowest BCUT2D eigenvalue weighted by molar-refractivity contribution is -0.115. The van der Waals surface area contributed by atoms with Gasteiger partial charge in [0.15, 0.2) is 5.13 Å². The molecule has 2 heterocycles. The van der Waals surface area contributed by atoms with Crippen LogP contribution in [0, 0.1) is 0 Å². The van der Waals surface area contributed by atoms with Crippen LogP contribution in [0.5, 0.6) is 0 Å². The zero-order valence-electron chi connectivity index (χ0n) is 20.5. The number of benzene rings is 1. The summed E-state index contributed by atoms with van der Waals surface area (Å²) >= 11 is 1.36. The molecule has 0 fully saturated rings. The van der Waals surface area contributed by atoms with Gasteiger partial charge in [0.2, 0.25) is 5.91 Å². The molecule has 0 spiro atoms. The van der Waals surface area contributed by atoms with Gasteiger partial charge in [-0.1, -0.05) is 55.5 Å². The van der Waals surface area contributed by atoms with Gasteiger partial charge in [0.1, 0.15) is 5.69 Å². The van der Waals surface area contributed by atoms with Crippen molar-refractivity contribution in [3.05, 3.63) is 52.8 Å². The van der Waals surface area contributed by atoms with Gasteiger partial charge < -0.3 is 15.5 Å². The van der Waals surface area contributed by atoms with Crippen molar-refractivity contribution < 1.29 is 4.79 Å². The van der Waals surface area contributed by atoms with Gasteiger partial charge in [-0.3, -0.25) is 9.59 Å². The number of rotatable bonds is 11. The van der Waals surface area contributed by atoms with Gasteiger partial charge in [-0.15, -0.1) is 24.8 Å². The minimum absolute atomic E-state index is 0. The average Bonchev–Trinajstić information content (AvgIpc) is 3.23. The smallest absolute Gasteiger partial charge is 0.267 e. The van der Waals surface area contributed by atoms with Crippen LogP contribution in [0.2, 0.25) is 0 Å². The molecule has 0 atom stereocenters. The van der Waals surface area contributed by atoms with E-state index in [9.17, 15) is 9.59 Å². The van der Waals surface area contributed by atoms with Crippen molar-refractivity contribution >= 4 is 47.2 Å². The van der Waals surface area contributed by atoms with E-state index in [-0.39, 0.29) is 48.9 Å². The Morgan fingerprint density at radius 2 is 1.77 bits per heavy atom. The van der Waals surface area contributed by atoms with E-state index >= 15 is 0 Å². The number of aromatic nitrogens is 3. The van der Waals surface area contributed by atoms with Crippen molar-refractivity contribution in [1.29, 1.82) is 0 Å². The summed E-state index contributed by atoms with van der Waals surface area (Å²) < 4.78 is 1.46. The summed E-state index contributed by atoms with van der Waals surface area (Å²) in [5, 5.41) is 11.2. The maximum absolute atomic E-state index is 12.5. The van der Waals surface area contributed by atoms with Crippen molar-refractivity contribution in [2.24, 2.45) is 0 Å². The predicted molar refractivity (Wildman–Crippen MR) is 149 cm³/mol. The molecule has 2 aromatic heterocycles. The van der Waals surface area contributed by atoms with Crippen LogP contribution in [0.1, 0.15) is 33.7 Å². The molecule has 0 saturated heterocycles. The summed E-state index contributed by atoms with van der Waals surface area (Å²) in [6, 6.07) is 12.9. The Bertz CT molecular complexity index is 1120. The fraction of sp³-hybridized carbons (Fsp3) is 0.417. The molecule has 1 aromatic carbocycles. The average molecular weight is 542 g/mol. The van der Waals surface area contributed by atoms with Gasteiger partial charge in [0, 0.05) is 24.7 Å². The molecule has 0 unspecified atom stereocenters. The second kappa shape index (κ2) is 15.0. The molecule has 0 aliphatic heterocycles. The number of carbonyl (C=O) groups is 1. The highest BCUT2D eigenvalue weighted by Crippen LogP contribution is 2.37. The van der Waals surface area contributed by atoms with Gasteiger partial charge >= 0.3 is 0 Å². The number of hydrogen-bond acceptors (Lipinski definition) is 7. The summed E-state index contributed by atoms with van der Waals surface area (Å²) in [5.41, 5.74) is 2.15. The molecule has 0 saturated carbocycles. The van der Waals surface area contributed by atoms with Gasteiger partial charge in [0.25, 0.3) is 5.56 Å². The molecular formula is C24H34Cl2N6O2S. The first kappa shape index (κ1) is 30.7. The van der Waals surface area contributed by atoms with Crippen LogP contribution in [-0.4, -0.2) is 58.3 Å². The van der Waals surface area contributed by atoms with E-state index in [0.29, 0.717) is 10.8 Å². The second-order valence-corrected chi connectivity index (χ2v) is 8.91. The van der Waals surface area contributed by atoms with Crippen LogP contribution in [0.15, 0.2) is 47.3 Å². The first-order valence-corrected chi connectivity index (χ1v) is 12.1. The number of carbonyl (C=O) groups excluding carboxylic acids is 1. The fourth-order valence-electron chi connectivity index (χ4n) is 3.40. The fourth-order valence-corrected chi connectivity index (χ4v) is 4.37. The van der Waals surface area contributed by atoms with Crippen molar-refractivity contribution in [3.63, 3.8) is 0 Å². The highest BCUT2D eigenvalue weighted by molar-refractivity contribution is 7.19. The van der Waals surface area contributed by atoms with E-state index in [1.165, 1.54) is 22.1 Å². The maximum Gasteiger partial charge on any atom is 0.267 e. The molecule has 192 valence electrons. The van der Waals surface area contributed by atoms with E-state index < -0.39 is 0 Å². The number of thiazole rings is 1. The minimum Gasteiger partial charge on any atom is -0.307 e. The van der Waals surface area contributed by atoms with E-state index in [1.54, 1.807) is 6.07 Å². The Hall–Kier alpha value is -2.30. The van der Waals surface area contributed by atoms with Crippen molar-refractivity contribution in [3.8, 4) is 21.8 Å². The van der Waals surface area contributed by atoms with Crippen LogP contribution in [-0.2, 0) is 4.79 Å². The molecule has 0 aliphatic carbocycles. The Labute approximate surface area is 223 Å². The van der Waals surface area contributed by atoms with E-state index in [0.717, 1.165) is 42.3 Å². The zero-order valence-corrected chi connectivity index (χ0v) is 22.9. The van der Waals surface area contributed by atoms with Crippen molar-refractivity contribution in [1.82, 2.24) is 25.0 Å². The van der Waals surface area contributed by atoms with Crippen LogP contribution in [0.4, 0.5) is 5.13 Å². The molecule has 35 heavy (non-hydrogen) atoms. The second-order valence-electron chi connectivity index (χ2n) is 7.91. The number of anilines is 1. The molecule has 3 rings (SSSR count). The maximum atomic E-state index is 12.5. The van der Waals surface area contributed by atoms with Gasteiger partial charge in [-0.2, -0.15) is 5.10 Å². The van der Waals surface area contributed by atoms with Crippen LogP contribution in [0.3, 0.4) is 0 Å². The molecule has 0 aliphatic rings. The van der Waals surface area contributed by atoms with E-state index in [1.807, 2.05) is 44.2 Å². The highest BCUT2D eigenvalue weighted by atomic mass is 35.5. The zero-order chi connectivity index (χ0) is 23.8. The lowest BCUT2D eigenvalue weighted by atomic mass is 10.1. The SMILES string of the molecule is CCN(CC)CCNCC(=O)Nc1nc(-c2ccccc2)c(-c2ccc(=O)n(C(C)C)n2)s1.Cl.Cl.